The topological polar surface area (TPSA) is 71.8 Å². The van der Waals surface area contributed by atoms with Gasteiger partial charge in [-0.3, -0.25) is 0 Å². The average molecular weight is 360 g/mol. The Balaban J connectivity index is 1.54. The summed E-state index contributed by atoms with van der Waals surface area (Å²) < 4.78 is 1.85. The van der Waals surface area contributed by atoms with Gasteiger partial charge in [0, 0.05) is 11.1 Å². The third-order valence-corrected chi connectivity index (χ3v) is 5.29. The summed E-state index contributed by atoms with van der Waals surface area (Å²) in [5.74, 6) is 2.48. The number of H-pyrrole nitrogens is 1. The Morgan fingerprint density at radius 3 is 2.81 bits per heavy atom. The predicted molar refractivity (Wildman–Crippen MR) is 103 cm³/mol. The normalized spacial score (nSPS) is 11.8. The van der Waals surface area contributed by atoms with Crippen LogP contribution in [-0.4, -0.2) is 29.5 Å². The number of hydrogen-bond donors (Lipinski definition) is 1. The molecule has 0 aliphatic heterocycles. The minimum Gasteiger partial charge on any atom is -0.342 e. The summed E-state index contributed by atoms with van der Waals surface area (Å²) in [6, 6.07) is 14.4. The Labute approximate surface area is 153 Å². The summed E-state index contributed by atoms with van der Waals surface area (Å²) in [7, 11) is 0. The fourth-order valence-corrected chi connectivity index (χ4v) is 4.04. The smallest absolute Gasteiger partial charge is 0.191 e. The first-order valence-corrected chi connectivity index (χ1v) is 9.36. The van der Waals surface area contributed by atoms with Gasteiger partial charge in [-0.1, -0.05) is 30.0 Å². The monoisotopic (exact) mass is 360 g/mol. The van der Waals surface area contributed by atoms with Gasteiger partial charge < -0.3 is 4.98 Å². The van der Waals surface area contributed by atoms with Crippen LogP contribution in [-0.2, 0) is 5.75 Å². The van der Waals surface area contributed by atoms with Crippen molar-refractivity contribution in [3.05, 3.63) is 59.7 Å². The lowest BCUT2D eigenvalue weighted by Gasteiger charge is -2.06. The van der Waals surface area contributed by atoms with Crippen molar-refractivity contribution in [2.24, 2.45) is 0 Å². The number of thioether (sulfide) groups is 1. The third-order valence-electron chi connectivity index (χ3n) is 4.29. The Morgan fingerprint density at radius 2 is 1.88 bits per heavy atom. The first kappa shape index (κ1) is 15.3. The molecule has 0 saturated heterocycles. The van der Waals surface area contributed by atoms with E-state index in [9.17, 15) is 0 Å². The SMILES string of the molecule is Cc1nc2c3ccccc3nc(SCc3ccc4nc(C)[nH]c4c3)n2n1. The van der Waals surface area contributed by atoms with Gasteiger partial charge in [-0.25, -0.2) is 15.0 Å². The van der Waals surface area contributed by atoms with Crippen LogP contribution < -0.4 is 0 Å². The summed E-state index contributed by atoms with van der Waals surface area (Å²) in [5.41, 5.74) is 5.07. The second-order valence-corrected chi connectivity index (χ2v) is 7.21. The Kier molecular flexibility index (Phi) is 3.43. The standard InChI is InChI=1S/C19H16N6S/c1-11-20-16-8-7-13(9-17(16)21-11)10-26-19-23-15-6-4-3-5-14(15)18-22-12(2)24-25(18)19/h3-9H,10H2,1-2H3,(H,20,21). The first-order chi connectivity index (χ1) is 12.7. The molecule has 26 heavy (non-hydrogen) atoms. The van der Waals surface area contributed by atoms with E-state index in [1.165, 1.54) is 5.56 Å². The molecule has 5 aromatic rings. The van der Waals surface area contributed by atoms with Crippen molar-refractivity contribution >= 4 is 39.3 Å². The van der Waals surface area contributed by atoms with Crippen molar-refractivity contribution in [2.75, 3.05) is 0 Å². The number of aromatic nitrogens is 6. The number of hydrogen-bond acceptors (Lipinski definition) is 5. The second kappa shape index (κ2) is 5.81. The van der Waals surface area contributed by atoms with E-state index >= 15 is 0 Å². The van der Waals surface area contributed by atoms with E-state index in [-0.39, 0.29) is 0 Å². The van der Waals surface area contributed by atoms with Crippen molar-refractivity contribution in [3.63, 3.8) is 0 Å². The maximum atomic E-state index is 4.80. The zero-order valence-electron chi connectivity index (χ0n) is 14.4. The Bertz CT molecular complexity index is 1270. The molecule has 0 unspecified atom stereocenters. The minimum atomic E-state index is 0.749. The van der Waals surface area contributed by atoms with Crippen LogP contribution in [0.2, 0.25) is 0 Å². The fourth-order valence-electron chi connectivity index (χ4n) is 3.15. The van der Waals surface area contributed by atoms with Crippen LogP contribution in [0.4, 0.5) is 0 Å². The molecule has 0 spiro atoms. The van der Waals surface area contributed by atoms with E-state index in [1.807, 2.05) is 42.6 Å². The molecular weight excluding hydrogens is 344 g/mol. The molecule has 5 rings (SSSR count). The molecule has 0 aliphatic rings. The van der Waals surface area contributed by atoms with Gasteiger partial charge >= 0.3 is 0 Å². The molecule has 0 amide bonds. The molecule has 0 saturated carbocycles. The zero-order valence-corrected chi connectivity index (χ0v) is 15.2. The van der Waals surface area contributed by atoms with Crippen molar-refractivity contribution in [1.82, 2.24) is 29.5 Å². The number of benzene rings is 2. The third kappa shape index (κ3) is 2.52. The van der Waals surface area contributed by atoms with Gasteiger partial charge in [0.1, 0.15) is 11.6 Å². The molecule has 6 nitrogen and oxygen atoms in total. The Hall–Kier alpha value is -2.93. The van der Waals surface area contributed by atoms with E-state index in [2.05, 4.69) is 38.2 Å². The molecule has 2 aromatic carbocycles. The van der Waals surface area contributed by atoms with Crippen molar-refractivity contribution in [3.8, 4) is 0 Å². The van der Waals surface area contributed by atoms with Gasteiger partial charge in [0.05, 0.1) is 16.6 Å². The molecule has 3 heterocycles. The van der Waals surface area contributed by atoms with Crippen LogP contribution in [0.15, 0.2) is 47.6 Å². The van der Waals surface area contributed by atoms with Gasteiger partial charge in [-0.15, -0.1) is 5.10 Å². The van der Waals surface area contributed by atoms with Crippen LogP contribution in [0.3, 0.4) is 0 Å². The number of fused-ring (bicyclic) bond motifs is 4. The van der Waals surface area contributed by atoms with Gasteiger partial charge in [-0.05, 0) is 43.7 Å². The molecular formula is C19H16N6S. The van der Waals surface area contributed by atoms with Gasteiger partial charge in [0.2, 0.25) is 0 Å². The minimum absolute atomic E-state index is 0.749. The zero-order chi connectivity index (χ0) is 17.7. The lowest BCUT2D eigenvalue weighted by Crippen LogP contribution is -1.98. The molecule has 128 valence electrons. The molecule has 0 atom stereocenters. The molecule has 0 fully saturated rings. The van der Waals surface area contributed by atoms with Gasteiger partial charge in [-0.2, -0.15) is 4.52 Å². The predicted octanol–water partition coefficient (Wildman–Crippen LogP) is 4.06. The summed E-state index contributed by atoms with van der Waals surface area (Å²) in [4.78, 5) is 17.1. The highest BCUT2D eigenvalue weighted by atomic mass is 32.2. The average Bonchev–Trinajstić information content (AvgIpc) is 3.20. The quantitative estimate of drug-likeness (QED) is 0.388. The maximum Gasteiger partial charge on any atom is 0.191 e. The van der Waals surface area contributed by atoms with Crippen LogP contribution in [0.5, 0.6) is 0 Å². The summed E-state index contributed by atoms with van der Waals surface area (Å²) >= 11 is 1.66. The van der Waals surface area contributed by atoms with Crippen LogP contribution in [0.25, 0.3) is 27.6 Å². The second-order valence-electron chi connectivity index (χ2n) is 6.27. The summed E-state index contributed by atoms with van der Waals surface area (Å²) in [5, 5.41) is 6.40. The Morgan fingerprint density at radius 1 is 1.00 bits per heavy atom. The lowest BCUT2D eigenvalue weighted by molar-refractivity contribution is 0.797. The largest absolute Gasteiger partial charge is 0.342 e. The number of nitrogens with zero attached hydrogens (tertiary/aromatic N) is 5. The first-order valence-electron chi connectivity index (χ1n) is 8.37. The molecule has 7 heteroatoms. The summed E-state index contributed by atoms with van der Waals surface area (Å²) in [6.45, 7) is 3.88. The van der Waals surface area contributed by atoms with Crippen molar-refractivity contribution in [1.29, 1.82) is 0 Å². The highest BCUT2D eigenvalue weighted by Gasteiger charge is 2.12. The molecule has 3 aromatic heterocycles. The molecule has 0 aliphatic carbocycles. The van der Waals surface area contributed by atoms with Crippen molar-refractivity contribution < 1.29 is 0 Å². The van der Waals surface area contributed by atoms with E-state index < -0.39 is 0 Å². The fraction of sp³-hybridized carbons (Fsp3) is 0.158. The van der Waals surface area contributed by atoms with Crippen LogP contribution in [0.1, 0.15) is 17.2 Å². The number of aromatic amines is 1. The van der Waals surface area contributed by atoms with E-state index in [1.54, 1.807) is 11.8 Å². The number of aryl methyl sites for hydroxylation is 2. The van der Waals surface area contributed by atoms with Crippen LogP contribution >= 0.6 is 11.8 Å². The van der Waals surface area contributed by atoms with Gasteiger partial charge in [0.25, 0.3) is 0 Å². The molecule has 0 radical (unpaired) electrons. The molecule has 1 N–H and O–H groups in total. The van der Waals surface area contributed by atoms with Crippen LogP contribution in [0, 0.1) is 13.8 Å². The highest BCUT2D eigenvalue weighted by molar-refractivity contribution is 7.98. The number of rotatable bonds is 3. The van der Waals surface area contributed by atoms with Crippen molar-refractivity contribution in [2.45, 2.75) is 24.8 Å². The number of nitrogens with one attached hydrogen (secondary N) is 1. The van der Waals surface area contributed by atoms with Gasteiger partial charge in [0.15, 0.2) is 10.8 Å². The lowest BCUT2D eigenvalue weighted by atomic mass is 10.2. The maximum absolute atomic E-state index is 4.80. The van der Waals surface area contributed by atoms with E-state index in [4.69, 9.17) is 4.98 Å². The summed E-state index contributed by atoms with van der Waals surface area (Å²) in [6.07, 6.45) is 0. The van der Waals surface area contributed by atoms with E-state index in [0.29, 0.717) is 0 Å². The van der Waals surface area contributed by atoms with E-state index in [0.717, 1.165) is 50.1 Å². The highest BCUT2D eigenvalue weighted by Crippen LogP contribution is 2.27. The number of para-hydroxylation sites is 1. The molecule has 0 bridgehead atoms. The number of imidazole rings is 1.